The van der Waals surface area contributed by atoms with Crippen molar-refractivity contribution in [2.45, 2.75) is 27.7 Å². The number of hydrogen-bond donors (Lipinski definition) is 2. The number of hydrogen-bond acceptors (Lipinski definition) is 5. The number of pyridine rings is 1. The van der Waals surface area contributed by atoms with E-state index in [1.807, 2.05) is 58.0 Å². The predicted octanol–water partition coefficient (Wildman–Crippen LogP) is 4.67. The van der Waals surface area contributed by atoms with Crippen molar-refractivity contribution < 1.29 is 9.59 Å². The monoisotopic (exact) mass is 394 g/mol. The molecule has 3 aromatic rings. The molecule has 3 rings (SSSR count). The maximum absolute atomic E-state index is 12.8. The van der Waals surface area contributed by atoms with E-state index in [1.54, 1.807) is 12.3 Å². The molecule has 0 aliphatic rings. The number of carbonyl (C=O) groups is 2. The van der Waals surface area contributed by atoms with Gasteiger partial charge in [-0.3, -0.25) is 14.6 Å². The largest absolute Gasteiger partial charge is 0.326 e. The van der Waals surface area contributed by atoms with Crippen molar-refractivity contribution in [3.05, 3.63) is 58.7 Å². The standard InChI is InChI=1S/C21H22N4O2S/c1-12(2)19(26)24-15-9-8-13(3)17(11-15)25-20(27)18-14(4)23-21(28-18)16-7-5-6-10-22-16/h5-12H,1-4H3,(H,24,26)(H,25,27). The first-order valence-corrected chi connectivity index (χ1v) is 9.78. The van der Waals surface area contributed by atoms with Crippen molar-refractivity contribution >= 4 is 34.5 Å². The van der Waals surface area contributed by atoms with Crippen LogP contribution in [0.4, 0.5) is 11.4 Å². The zero-order valence-electron chi connectivity index (χ0n) is 16.2. The number of anilines is 2. The lowest BCUT2D eigenvalue weighted by molar-refractivity contribution is -0.118. The van der Waals surface area contributed by atoms with Gasteiger partial charge in [0.05, 0.1) is 11.4 Å². The number of thiazole rings is 1. The van der Waals surface area contributed by atoms with Crippen LogP contribution in [0.3, 0.4) is 0 Å². The Labute approximate surface area is 168 Å². The quantitative estimate of drug-likeness (QED) is 0.659. The van der Waals surface area contributed by atoms with E-state index in [-0.39, 0.29) is 17.7 Å². The van der Waals surface area contributed by atoms with Crippen LogP contribution in [0.15, 0.2) is 42.6 Å². The number of aryl methyl sites for hydroxylation is 2. The molecular formula is C21H22N4O2S. The van der Waals surface area contributed by atoms with Crippen molar-refractivity contribution in [2.24, 2.45) is 5.92 Å². The third kappa shape index (κ3) is 4.43. The highest BCUT2D eigenvalue weighted by Gasteiger charge is 2.18. The van der Waals surface area contributed by atoms with Crippen LogP contribution < -0.4 is 10.6 Å². The topological polar surface area (TPSA) is 84.0 Å². The Balaban J connectivity index is 1.81. The molecule has 2 N–H and O–H groups in total. The van der Waals surface area contributed by atoms with Crippen molar-refractivity contribution in [2.75, 3.05) is 10.6 Å². The molecule has 2 heterocycles. The van der Waals surface area contributed by atoms with Crippen molar-refractivity contribution in [3.8, 4) is 10.7 Å². The molecule has 2 amide bonds. The third-order valence-corrected chi connectivity index (χ3v) is 5.34. The van der Waals surface area contributed by atoms with E-state index in [0.29, 0.717) is 27.0 Å². The fourth-order valence-electron chi connectivity index (χ4n) is 2.51. The summed E-state index contributed by atoms with van der Waals surface area (Å²) in [5, 5.41) is 6.49. The number of nitrogens with one attached hydrogen (secondary N) is 2. The molecule has 0 atom stereocenters. The molecule has 28 heavy (non-hydrogen) atoms. The van der Waals surface area contributed by atoms with Crippen LogP contribution in [-0.4, -0.2) is 21.8 Å². The Hall–Kier alpha value is -3.06. The summed E-state index contributed by atoms with van der Waals surface area (Å²) in [4.78, 5) is 34.1. The molecule has 0 saturated heterocycles. The van der Waals surface area contributed by atoms with E-state index < -0.39 is 0 Å². The van der Waals surface area contributed by atoms with Crippen LogP contribution in [0, 0.1) is 19.8 Å². The summed E-state index contributed by atoms with van der Waals surface area (Å²) < 4.78 is 0. The Bertz CT molecular complexity index is 1010. The summed E-state index contributed by atoms with van der Waals surface area (Å²) in [6, 6.07) is 11.0. The Morgan fingerprint density at radius 1 is 1.07 bits per heavy atom. The highest BCUT2D eigenvalue weighted by atomic mass is 32.1. The average molecular weight is 395 g/mol. The minimum Gasteiger partial charge on any atom is -0.326 e. The van der Waals surface area contributed by atoms with Gasteiger partial charge in [0.2, 0.25) is 5.91 Å². The second kappa shape index (κ2) is 8.31. The van der Waals surface area contributed by atoms with E-state index in [2.05, 4.69) is 20.6 Å². The molecule has 0 aliphatic heterocycles. The van der Waals surface area contributed by atoms with Gasteiger partial charge in [-0.25, -0.2) is 4.98 Å². The fraction of sp³-hybridized carbons (Fsp3) is 0.238. The fourth-order valence-corrected chi connectivity index (χ4v) is 3.44. The number of amides is 2. The van der Waals surface area contributed by atoms with E-state index in [9.17, 15) is 9.59 Å². The normalized spacial score (nSPS) is 10.8. The minimum atomic E-state index is -0.229. The molecule has 2 aromatic heterocycles. The molecule has 0 bridgehead atoms. The van der Waals surface area contributed by atoms with Crippen LogP contribution in [-0.2, 0) is 4.79 Å². The Morgan fingerprint density at radius 2 is 1.86 bits per heavy atom. The lowest BCUT2D eigenvalue weighted by Crippen LogP contribution is -2.18. The molecule has 1 aromatic carbocycles. The Kier molecular flexibility index (Phi) is 5.84. The molecule has 0 unspecified atom stereocenters. The SMILES string of the molecule is Cc1ccc(NC(=O)C(C)C)cc1NC(=O)c1sc(-c2ccccn2)nc1C. The molecular weight excluding hydrogens is 372 g/mol. The Morgan fingerprint density at radius 3 is 2.54 bits per heavy atom. The molecule has 7 heteroatoms. The summed E-state index contributed by atoms with van der Waals surface area (Å²) in [5.41, 5.74) is 3.60. The van der Waals surface area contributed by atoms with E-state index in [0.717, 1.165) is 11.3 Å². The van der Waals surface area contributed by atoms with Gasteiger partial charge in [-0.05, 0) is 43.7 Å². The summed E-state index contributed by atoms with van der Waals surface area (Å²) >= 11 is 1.31. The van der Waals surface area contributed by atoms with Gasteiger partial charge < -0.3 is 10.6 Å². The lowest BCUT2D eigenvalue weighted by atomic mass is 10.1. The van der Waals surface area contributed by atoms with E-state index in [4.69, 9.17) is 0 Å². The number of carbonyl (C=O) groups excluding carboxylic acids is 2. The van der Waals surface area contributed by atoms with Gasteiger partial charge in [-0.2, -0.15) is 0 Å². The number of aromatic nitrogens is 2. The first-order chi connectivity index (χ1) is 13.3. The van der Waals surface area contributed by atoms with Gasteiger partial charge in [0.1, 0.15) is 9.88 Å². The van der Waals surface area contributed by atoms with Crippen LogP contribution in [0.1, 0.15) is 34.8 Å². The molecule has 0 aliphatic carbocycles. The van der Waals surface area contributed by atoms with Crippen molar-refractivity contribution in [1.82, 2.24) is 9.97 Å². The predicted molar refractivity (Wildman–Crippen MR) is 113 cm³/mol. The van der Waals surface area contributed by atoms with Gasteiger partial charge in [0.15, 0.2) is 0 Å². The van der Waals surface area contributed by atoms with Gasteiger partial charge >= 0.3 is 0 Å². The first kappa shape index (κ1) is 19.7. The number of nitrogens with zero attached hydrogens (tertiary/aromatic N) is 2. The van der Waals surface area contributed by atoms with Gasteiger partial charge in [0, 0.05) is 23.5 Å². The highest BCUT2D eigenvalue weighted by Crippen LogP contribution is 2.28. The highest BCUT2D eigenvalue weighted by molar-refractivity contribution is 7.17. The summed E-state index contributed by atoms with van der Waals surface area (Å²) in [7, 11) is 0. The summed E-state index contributed by atoms with van der Waals surface area (Å²) in [6.45, 7) is 7.38. The van der Waals surface area contributed by atoms with Crippen LogP contribution in [0.25, 0.3) is 10.7 Å². The molecule has 0 spiro atoms. The number of rotatable bonds is 5. The molecule has 6 nitrogen and oxygen atoms in total. The maximum atomic E-state index is 12.8. The molecule has 144 valence electrons. The average Bonchev–Trinajstić information content (AvgIpc) is 3.07. The van der Waals surface area contributed by atoms with Crippen LogP contribution in [0.2, 0.25) is 0 Å². The maximum Gasteiger partial charge on any atom is 0.267 e. The second-order valence-electron chi connectivity index (χ2n) is 6.78. The zero-order chi connectivity index (χ0) is 20.3. The van der Waals surface area contributed by atoms with Gasteiger partial charge in [-0.15, -0.1) is 11.3 Å². The second-order valence-corrected chi connectivity index (χ2v) is 7.78. The third-order valence-electron chi connectivity index (χ3n) is 4.16. The summed E-state index contributed by atoms with van der Waals surface area (Å²) in [5.74, 6) is -0.420. The van der Waals surface area contributed by atoms with Crippen LogP contribution in [0.5, 0.6) is 0 Å². The first-order valence-electron chi connectivity index (χ1n) is 8.97. The van der Waals surface area contributed by atoms with Gasteiger partial charge in [-0.1, -0.05) is 26.0 Å². The number of benzene rings is 1. The summed E-state index contributed by atoms with van der Waals surface area (Å²) in [6.07, 6.45) is 1.70. The smallest absolute Gasteiger partial charge is 0.267 e. The van der Waals surface area contributed by atoms with Gasteiger partial charge in [0.25, 0.3) is 5.91 Å². The molecule has 0 fully saturated rings. The van der Waals surface area contributed by atoms with E-state index >= 15 is 0 Å². The van der Waals surface area contributed by atoms with E-state index in [1.165, 1.54) is 11.3 Å². The minimum absolute atomic E-state index is 0.0700. The molecule has 0 saturated carbocycles. The van der Waals surface area contributed by atoms with Crippen molar-refractivity contribution in [1.29, 1.82) is 0 Å². The van der Waals surface area contributed by atoms with Crippen LogP contribution >= 0.6 is 11.3 Å². The zero-order valence-corrected chi connectivity index (χ0v) is 17.1. The lowest BCUT2D eigenvalue weighted by Gasteiger charge is -2.12. The molecule has 0 radical (unpaired) electrons. The van der Waals surface area contributed by atoms with Crippen molar-refractivity contribution in [3.63, 3.8) is 0 Å².